The summed E-state index contributed by atoms with van der Waals surface area (Å²) < 4.78 is 0. The van der Waals surface area contributed by atoms with Crippen LogP contribution in [0.15, 0.2) is 0 Å². The predicted octanol–water partition coefficient (Wildman–Crippen LogP) is 12.3. The smallest absolute Gasteiger partial charge is 0.0238 e. The lowest BCUT2D eigenvalue weighted by atomic mass is 9.52. The van der Waals surface area contributed by atoms with Crippen LogP contribution in [0.4, 0.5) is 0 Å². The fraction of sp³-hybridized carbons (Fsp3) is 1.00. The lowest BCUT2D eigenvalue weighted by Crippen LogP contribution is -2.44. The van der Waals surface area contributed by atoms with Gasteiger partial charge in [0, 0.05) is 0 Å². The first-order chi connectivity index (χ1) is 17.2. The molecule has 0 aliphatic heterocycles. The van der Waals surface area contributed by atoms with Gasteiger partial charge in [-0.25, -0.2) is 0 Å². The molecule has 3 aliphatic carbocycles. The number of unbranched alkanes of at least 4 members (excludes halogenated alkanes) is 4. The van der Waals surface area contributed by atoms with Crippen molar-refractivity contribution in [3.05, 3.63) is 0 Å². The van der Waals surface area contributed by atoms with Gasteiger partial charge in [0.15, 0.2) is 0 Å². The summed E-state index contributed by atoms with van der Waals surface area (Å²) >= 11 is 0. The summed E-state index contributed by atoms with van der Waals surface area (Å²) in [5.74, 6) is 5.29. The van der Waals surface area contributed by atoms with E-state index in [2.05, 4.69) is 20.8 Å². The van der Waals surface area contributed by atoms with Gasteiger partial charge in [0.25, 0.3) is 0 Å². The molecule has 0 bridgehead atoms. The lowest BCUT2D eigenvalue weighted by Gasteiger charge is -2.53. The molecule has 3 saturated carbocycles. The Balaban J connectivity index is 1.71. The molecule has 3 aliphatic rings. The van der Waals surface area contributed by atoms with E-state index in [0.29, 0.717) is 5.41 Å². The standard InChI is InChI=1S/C35H66/c1-4-7-11-18-30(6-3)20-17-29-35(33-26-24-31(25-27-33)19-12-8-5-2)28-16-10-9-13-21-32-22-14-15-23-34(32)35/h30-34H,4-29H2,1-3H3. The van der Waals surface area contributed by atoms with Crippen LogP contribution < -0.4 is 0 Å². The fourth-order valence-corrected chi connectivity index (χ4v) is 9.40. The third-order valence-corrected chi connectivity index (χ3v) is 11.5. The minimum absolute atomic E-state index is 0.714. The fourth-order valence-electron chi connectivity index (χ4n) is 9.40. The Hall–Kier alpha value is 0. The highest BCUT2D eigenvalue weighted by molar-refractivity contribution is 4.98. The van der Waals surface area contributed by atoms with Gasteiger partial charge < -0.3 is 0 Å². The molecule has 0 nitrogen and oxygen atoms in total. The monoisotopic (exact) mass is 487 g/mol. The second-order valence-corrected chi connectivity index (χ2v) is 13.7. The molecule has 0 amide bonds. The lowest BCUT2D eigenvalue weighted by molar-refractivity contribution is -0.0355. The summed E-state index contributed by atoms with van der Waals surface area (Å²) in [5.41, 5.74) is 0.714. The molecule has 4 atom stereocenters. The van der Waals surface area contributed by atoms with E-state index in [0.717, 1.165) is 29.6 Å². The summed E-state index contributed by atoms with van der Waals surface area (Å²) in [7, 11) is 0. The zero-order chi connectivity index (χ0) is 24.8. The molecule has 0 spiro atoms. The van der Waals surface area contributed by atoms with E-state index in [9.17, 15) is 0 Å². The van der Waals surface area contributed by atoms with Gasteiger partial charge in [-0.3, -0.25) is 0 Å². The predicted molar refractivity (Wildman–Crippen MR) is 157 cm³/mol. The highest BCUT2D eigenvalue weighted by Gasteiger charge is 2.48. The quantitative estimate of drug-likeness (QED) is 0.214. The first-order valence-corrected chi connectivity index (χ1v) is 17.2. The van der Waals surface area contributed by atoms with Crippen molar-refractivity contribution >= 4 is 0 Å². The van der Waals surface area contributed by atoms with E-state index < -0.39 is 0 Å². The molecule has 3 rings (SSSR count). The number of rotatable bonds is 14. The molecule has 4 unspecified atom stereocenters. The molecule has 0 aromatic heterocycles. The van der Waals surface area contributed by atoms with E-state index in [1.165, 1.54) is 89.9 Å². The molecule has 0 saturated heterocycles. The molecule has 3 fully saturated rings. The van der Waals surface area contributed by atoms with Gasteiger partial charge >= 0.3 is 0 Å². The highest BCUT2D eigenvalue weighted by atomic mass is 14.5. The van der Waals surface area contributed by atoms with Crippen molar-refractivity contribution in [2.45, 2.75) is 188 Å². The molecular formula is C35H66. The molecule has 0 N–H and O–H groups in total. The minimum atomic E-state index is 0.714. The van der Waals surface area contributed by atoms with Gasteiger partial charge in [0.2, 0.25) is 0 Å². The largest absolute Gasteiger partial charge is 0.0654 e. The van der Waals surface area contributed by atoms with E-state index in [4.69, 9.17) is 0 Å². The third kappa shape index (κ3) is 9.06. The Morgan fingerprint density at radius 1 is 0.629 bits per heavy atom. The first kappa shape index (κ1) is 29.6. The van der Waals surface area contributed by atoms with E-state index in [1.54, 1.807) is 77.0 Å². The molecular weight excluding hydrogens is 420 g/mol. The first-order valence-electron chi connectivity index (χ1n) is 17.2. The van der Waals surface area contributed by atoms with Crippen molar-refractivity contribution in [2.75, 3.05) is 0 Å². The maximum Gasteiger partial charge on any atom is -0.0238 e. The molecule has 206 valence electrons. The number of fused-ring (bicyclic) bond motifs is 1. The van der Waals surface area contributed by atoms with Crippen LogP contribution in [0.1, 0.15) is 188 Å². The Labute approximate surface area is 222 Å². The van der Waals surface area contributed by atoms with E-state index in [1.807, 2.05) is 0 Å². The SMILES string of the molecule is CCCCCC(CC)CCCC1(C2CCC(CCCCC)CC2)CCCCCCC2CCCCC21. The minimum Gasteiger partial charge on any atom is -0.0654 e. The van der Waals surface area contributed by atoms with Crippen LogP contribution in [0, 0.1) is 35.0 Å². The normalized spacial score (nSPS) is 33.3. The Kier molecular flexibility index (Phi) is 14.2. The van der Waals surface area contributed by atoms with Crippen molar-refractivity contribution in [2.24, 2.45) is 35.0 Å². The second kappa shape index (κ2) is 16.8. The van der Waals surface area contributed by atoms with Gasteiger partial charge in [-0.2, -0.15) is 0 Å². The van der Waals surface area contributed by atoms with Crippen molar-refractivity contribution in [3.63, 3.8) is 0 Å². The van der Waals surface area contributed by atoms with Gasteiger partial charge in [0.1, 0.15) is 0 Å². The van der Waals surface area contributed by atoms with Crippen LogP contribution in [0.3, 0.4) is 0 Å². The zero-order valence-electron chi connectivity index (χ0n) is 24.8. The number of hydrogen-bond donors (Lipinski definition) is 0. The summed E-state index contributed by atoms with van der Waals surface area (Å²) in [5, 5.41) is 0. The highest BCUT2D eigenvalue weighted by Crippen LogP contribution is 2.58. The maximum atomic E-state index is 2.48. The average molecular weight is 487 g/mol. The van der Waals surface area contributed by atoms with Crippen molar-refractivity contribution in [1.29, 1.82) is 0 Å². The van der Waals surface area contributed by atoms with Crippen molar-refractivity contribution in [1.82, 2.24) is 0 Å². The van der Waals surface area contributed by atoms with Crippen LogP contribution in [0.2, 0.25) is 0 Å². The van der Waals surface area contributed by atoms with E-state index in [-0.39, 0.29) is 0 Å². The molecule has 0 aromatic rings. The Morgan fingerprint density at radius 2 is 1.29 bits per heavy atom. The zero-order valence-corrected chi connectivity index (χ0v) is 24.8. The van der Waals surface area contributed by atoms with Gasteiger partial charge in [-0.15, -0.1) is 0 Å². The van der Waals surface area contributed by atoms with E-state index >= 15 is 0 Å². The van der Waals surface area contributed by atoms with Gasteiger partial charge in [-0.1, -0.05) is 156 Å². The van der Waals surface area contributed by atoms with Crippen molar-refractivity contribution < 1.29 is 0 Å². The van der Waals surface area contributed by atoms with Crippen LogP contribution in [0.5, 0.6) is 0 Å². The van der Waals surface area contributed by atoms with Crippen LogP contribution in [-0.2, 0) is 0 Å². The Morgan fingerprint density at radius 3 is 2.03 bits per heavy atom. The van der Waals surface area contributed by atoms with Gasteiger partial charge in [0.05, 0.1) is 0 Å². The molecule has 0 heterocycles. The Bertz CT molecular complexity index is 514. The topological polar surface area (TPSA) is 0 Å². The third-order valence-electron chi connectivity index (χ3n) is 11.5. The summed E-state index contributed by atoms with van der Waals surface area (Å²) in [6.45, 7) is 7.20. The van der Waals surface area contributed by atoms with Gasteiger partial charge in [-0.05, 0) is 67.1 Å². The molecule has 0 radical (unpaired) electrons. The number of hydrogen-bond acceptors (Lipinski definition) is 0. The van der Waals surface area contributed by atoms with Crippen LogP contribution in [-0.4, -0.2) is 0 Å². The molecule has 0 heteroatoms. The summed E-state index contributed by atoms with van der Waals surface area (Å²) in [6, 6.07) is 0. The summed E-state index contributed by atoms with van der Waals surface area (Å²) in [6.07, 6.45) is 39.7. The van der Waals surface area contributed by atoms with Crippen LogP contribution >= 0.6 is 0 Å². The average Bonchev–Trinajstić information content (AvgIpc) is 2.98. The maximum absolute atomic E-state index is 2.48. The van der Waals surface area contributed by atoms with Crippen LogP contribution in [0.25, 0.3) is 0 Å². The van der Waals surface area contributed by atoms with Crippen molar-refractivity contribution in [3.8, 4) is 0 Å². The molecule has 35 heavy (non-hydrogen) atoms. The molecule has 0 aromatic carbocycles. The second-order valence-electron chi connectivity index (χ2n) is 13.7. The summed E-state index contributed by atoms with van der Waals surface area (Å²) in [4.78, 5) is 0.